The molecule has 0 radical (unpaired) electrons. The van der Waals surface area contributed by atoms with Gasteiger partial charge in [-0.2, -0.15) is 0 Å². The third-order valence-electron chi connectivity index (χ3n) is 10.4. The van der Waals surface area contributed by atoms with Gasteiger partial charge in [0.05, 0.1) is 0 Å². The Labute approximate surface area is 261 Å². The fraction of sp³-hybridized carbons (Fsp3) is 0.700. The average molecular weight is 575 g/mol. The summed E-state index contributed by atoms with van der Waals surface area (Å²) in [6.45, 7) is 33.3. The van der Waals surface area contributed by atoms with Crippen LogP contribution in [0.3, 0.4) is 0 Å². The lowest BCUT2D eigenvalue weighted by atomic mass is 9.75. The highest BCUT2D eigenvalue weighted by Crippen LogP contribution is 2.35. The molecule has 0 unspecified atom stereocenters. The maximum absolute atomic E-state index is 2.66. The molecule has 4 rings (SSSR count). The molecule has 2 aliphatic heterocycles. The second-order valence-corrected chi connectivity index (χ2v) is 16.0. The minimum absolute atomic E-state index is 0.471. The van der Waals surface area contributed by atoms with Crippen molar-refractivity contribution in [1.29, 1.82) is 0 Å². The van der Waals surface area contributed by atoms with Crippen LogP contribution < -0.4 is 0 Å². The Morgan fingerprint density at radius 2 is 1.31 bits per heavy atom. The number of hydrogen-bond acceptors (Lipinski definition) is 2. The molecule has 2 heteroatoms. The fourth-order valence-corrected chi connectivity index (χ4v) is 7.50. The van der Waals surface area contributed by atoms with Crippen molar-refractivity contribution in [2.24, 2.45) is 16.7 Å². The van der Waals surface area contributed by atoms with Crippen molar-refractivity contribution in [2.75, 3.05) is 32.7 Å². The summed E-state index contributed by atoms with van der Waals surface area (Å²) in [5.41, 5.74) is 10.3. The van der Waals surface area contributed by atoms with Gasteiger partial charge in [0.1, 0.15) is 0 Å². The van der Waals surface area contributed by atoms with Gasteiger partial charge < -0.3 is 4.90 Å². The van der Waals surface area contributed by atoms with Crippen LogP contribution in [0.4, 0.5) is 0 Å². The number of benzene rings is 2. The minimum Gasteiger partial charge on any atom is -0.303 e. The summed E-state index contributed by atoms with van der Waals surface area (Å²) in [6.07, 6.45) is 7.76. The van der Waals surface area contributed by atoms with E-state index < -0.39 is 0 Å². The van der Waals surface area contributed by atoms with E-state index in [4.69, 9.17) is 0 Å². The van der Waals surface area contributed by atoms with Crippen molar-refractivity contribution in [1.82, 2.24) is 9.80 Å². The van der Waals surface area contributed by atoms with Gasteiger partial charge >= 0.3 is 0 Å². The predicted octanol–water partition coefficient (Wildman–Crippen LogP) is 10.4. The summed E-state index contributed by atoms with van der Waals surface area (Å²) in [5.74, 6) is 2.14. The van der Waals surface area contributed by atoms with E-state index in [1.807, 2.05) is 0 Å². The van der Waals surface area contributed by atoms with E-state index in [1.54, 1.807) is 27.8 Å². The van der Waals surface area contributed by atoms with Crippen LogP contribution in [-0.2, 0) is 19.4 Å². The van der Waals surface area contributed by atoms with Crippen LogP contribution in [0, 0.1) is 23.7 Å². The van der Waals surface area contributed by atoms with Crippen molar-refractivity contribution in [3.8, 4) is 0 Å². The third kappa shape index (κ3) is 9.95. The lowest BCUT2D eigenvalue weighted by Gasteiger charge is -2.39. The first kappa shape index (κ1) is 34.8. The Balaban J connectivity index is 0.000000230. The molecule has 0 aromatic heterocycles. The van der Waals surface area contributed by atoms with E-state index in [0.717, 1.165) is 18.9 Å². The fourth-order valence-electron chi connectivity index (χ4n) is 7.50. The predicted molar refractivity (Wildman–Crippen MR) is 186 cm³/mol. The first-order valence-corrected chi connectivity index (χ1v) is 17.4. The van der Waals surface area contributed by atoms with Crippen LogP contribution in [-0.4, -0.2) is 42.5 Å². The molecule has 0 spiro atoms. The minimum atomic E-state index is 0.471. The highest BCUT2D eigenvalue weighted by Gasteiger charge is 2.29. The Morgan fingerprint density at radius 1 is 0.762 bits per heavy atom. The third-order valence-corrected chi connectivity index (χ3v) is 10.4. The van der Waals surface area contributed by atoms with E-state index in [9.17, 15) is 0 Å². The number of rotatable bonds is 8. The first-order valence-electron chi connectivity index (χ1n) is 17.4. The van der Waals surface area contributed by atoms with E-state index in [1.165, 1.54) is 70.4 Å². The maximum Gasteiger partial charge on any atom is 0.0236 e. The molecular weight excluding hydrogens is 508 g/mol. The largest absolute Gasteiger partial charge is 0.303 e. The molecule has 0 atom stereocenters. The zero-order valence-corrected chi connectivity index (χ0v) is 29.6. The molecule has 0 amide bonds. The van der Waals surface area contributed by atoms with Gasteiger partial charge in [0.2, 0.25) is 0 Å². The SMILES string of the molecule is CCc1cccc(CCN2CCC(C)(C)CC2)c1C(C)C.Cc1cccc(CN2CCC(C(C)(C)C)CC2)c1C(C)C. The summed E-state index contributed by atoms with van der Waals surface area (Å²) in [6, 6.07) is 13.7. The molecule has 2 saturated heterocycles. The summed E-state index contributed by atoms with van der Waals surface area (Å²) in [7, 11) is 0. The number of hydrogen-bond donors (Lipinski definition) is 0. The number of likely N-dealkylation sites (tertiary alicyclic amines) is 2. The maximum atomic E-state index is 2.66. The van der Waals surface area contributed by atoms with Crippen molar-refractivity contribution in [3.63, 3.8) is 0 Å². The summed E-state index contributed by atoms with van der Waals surface area (Å²) in [4.78, 5) is 5.32. The second-order valence-electron chi connectivity index (χ2n) is 16.0. The van der Waals surface area contributed by atoms with E-state index in [-0.39, 0.29) is 0 Å². The highest BCUT2D eigenvalue weighted by atomic mass is 15.1. The van der Waals surface area contributed by atoms with Crippen molar-refractivity contribution in [3.05, 3.63) is 69.8 Å². The van der Waals surface area contributed by atoms with Crippen LogP contribution in [0.15, 0.2) is 36.4 Å². The smallest absolute Gasteiger partial charge is 0.0236 e. The average Bonchev–Trinajstić information content (AvgIpc) is 2.92. The number of piperidine rings is 2. The van der Waals surface area contributed by atoms with Gasteiger partial charge in [-0.25, -0.2) is 0 Å². The summed E-state index contributed by atoms with van der Waals surface area (Å²) >= 11 is 0. The molecule has 236 valence electrons. The lowest BCUT2D eigenvalue weighted by Crippen LogP contribution is -2.38. The molecule has 0 bridgehead atoms. The zero-order chi connectivity index (χ0) is 31.1. The Kier molecular flexibility index (Phi) is 12.8. The van der Waals surface area contributed by atoms with Gasteiger partial charge in [0.25, 0.3) is 0 Å². The molecule has 2 aromatic rings. The van der Waals surface area contributed by atoms with E-state index in [0.29, 0.717) is 22.7 Å². The van der Waals surface area contributed by atoms with E-state index in [2.05, 4.69) is 122 Å². The molecule has 2 nitrogen and oxygen atoms in total. The molecule has 0 N–H and O–H groups in total. The summed E-state index contributed by atoms with van der Waals surface area (Å²) < 4.78 is 0. The Morgan fingerprint density at radius 3 is 1.86 bits per heavy atom. The Bertz CT molecular complexity index is 1090. The van der Waals surface area contributed by atoms with Crippen LogP contribution in [0.25, 0.3) is 0 Å². The molecule has 2 fully saturated rings. The van der Waals surface area contributed by atoms with Gasteiger partial charge in [-0.3, -0.25) is 4.90 Å². The van der Waals surface area contributed by atoms with E-state index >= 15 is 0 Å². The van der Waals surface area contributed by atoms with Crippen molar-refractivity contribution < 1.29 is 0 Å². The molecular formula is C40H66N2. The first-order chi connectivity index (χ1) is 19.7. The molecule has 2 aliphatic rings. The second kappa shape index (κ2) is 15.4. The monoisotopic (exact) mass is 575 g/mol. The van der Waals surface area contributed by atoms with Gasteiger partial charge in [-0.1, -0.05) is 106 Å². The summed E-state index contributed by atoms with van der Waals surface area (Å²) in [5, 5.41) is 0. The van der Waals surface area contributed by atoms with Gasteiger partial charge in [-0.05, 0) is 134 Å². The zero-order valence-electron chi connectivity index (χ0n) is 29.6. The van der Waals surface area contributed by atoms with Crippen LogP contribution in [0.2, 0.25) is 0 Å². The van der Waals surface area contributed by atoms with Crippen molar-refractivity contribution in [2.45, 2.75) is 133 Å². The van der Waals surface area contributed by atoms with Gasteiger partial charge in [0, 0.05) is 13.1 Å². The quantitative estimate of drug-likeness (QED) is 0.309. The van der Waals surface area contributed by atoms with Crippen LogP contribution >= 0.6 is 0 Å². The number of aryl methyl sites for hydroxylation is 2. The van der Waals surface area contributed by atoms with Crippen molar-refractivity contribution >= 4 is 0 Å². The Hall–Kier alpha value is -1.64. The normalized spacial score (nSPS) is 18.8. The molecule has 0 aliphatic carbocycles. The van der Waals surface area contributed by atoms with Crippen LogP contribution in [0.5, 0.6) is 0 Å². The molecule has 42 heavy (non-hydrogen) atoms. The standard InChI is InChI=1S/2C20H33N/c1-15(2)19-16(3)8-7-9-17(19)14-21-12-10-18(11-13-21)20(4,5)6;1-6-17-8-7-9-18(19(17)16(2)3)10-13-21-14-11-20(4,5)12-15-21/h7-9,15,18H,10-14H2,1-6H3;7-9,16H,6,10-15H2,1-5H3. The molecule has 0 saturated carbocycles. The van der Waals surface area contributed by atoms with Gasteiger partial charge in [0.15, 0.2) is 0 Å². The highest BCUT2D eigenvalue weighted by molar-refractivity contribution is 5.38. The molecule has 2 heterocycles. The topological polar surface area (TPSA) is 6.48 Å². The molecule has 2 aromatic carbocycles. The van der Waals surface area contributed by atoms with Crippen LogP contribution in [0.1, 0.15) is 140 Å². The number of nitrogens with zero attached hydrogens (tertiary/aromatic N) is 2. The van der Waals surface area contributed by atoms with Gasteiger partial charge in [-0.15, -0.1) is 0 Å². The lowest BCUT2D eigenvalue weighted by molar-refractivity contribution is 0.108.